The zero-order valence-electron chi connectivity index (χ0n) is 41.0. The number of aliphatic carboxylic acids is 6. The van der Waals surface area contributed by atoms with E-state index in [4.69, 9.17) is 0 Å². The van der Waals surface area contributed by atoms with Gasteiger partial charge in [0, 0.05) is 51.9 Å². The van der Waals surface area contributed by atoms with Gasteiger partial charge in [-0.15, -0.1) is 0 Å². The van der Waals surface area contributed by atoms with Gasteiger partial charge in [0.2, 0.25) is 0 Å². The number of rotatable bonds is 15. The number of hydrogen-bond donors (Lipinski definition) is 3. The Bertz CT molecular complexity index is 2190. The SMILES string of the molecule is CC1(C)C(C(=O)[O-])CCC1(C=C(O)C(F)(F)C(F)(F)C(F)(F)F)C(=O)[O-].CC1(C)C(C(=O)[O-])CCC1(C=C(O)C(F)(F)C(F)(F)C(F)(F)F)C(=O)[O-].CC1(C)C(C(=O)[O-])CCC1(C=C(O)C(F)(F)C(F)(F)C(F)(F)F)C(=O)[O-].[Eu+2].[Eu+2].[Eu+2]. The summed E-state index contributed by atoms with van der Waals surface area (Å²) in [5.74, 6) is -63.9. The van der Waals surface area contributed by atoms with Gasteiger partial charge < -0.3 is 74.7 Å². The maximum atomic E-state index is 13.6. The summed E-state index contributed by atoms with van der Waals surface area (Å²) in [6, 6.07) is 0. The summed E-state index contributed by atoms with van der Waals surface area (Å²) in [5, 5.41) is 95.5. The molecule has 0 aromatic heterocycles. The van der Waals surface area contributed by atoms with E-state index in [-0.39, 0.29) is 166 Å². The van der Waals surface area contributed by atoms with E-state index in [9.17, 15) is 167 Å². The molecule has 39 heteroatoms. The Morgan fingerprint density at radius 3 is 0.605 bits per heavy atom. The molecule has 0 aromatic carbocycles. The van der Waals surface area contributed by atoms with Crippen LogP contribution in [-0.2, 0) is 28.8 Å². The van der Waals surface area contributed by atoms with E-state index in [1.807, 2.05) is 0 Å². The van der Waals surface area contributed by atoms with Crippen LogP contribution in [0.25, 0.3) is 0 Å². The van der Waals surface area contributed by atoms with Gasteiger partial charge in [-0.3, -0.25) is 0 Å². The molecule has 0 spiro atoms. The molecule has 3 saturated carbocycles. The Hall–Kier alpha value is -1.28. The topological polar surface area (TPSA) is 301 Å². The first kappa shape index (κ1) is 83.9. The van der Waals surface area contributed by atoms with Crippen LogP contribution in [-0.4, -0.2) is 105 Å². The van der Waals surface area contributed by atoms with Crippen LogP contribution in [0.3, 0.4) is 0 Å². The summed E-state index contributed by atoms with van der Waals surface area (Å²) < 4.78 is 269. The minimum Gasteiger partial charge on any atom is -0.550 e. The Balaban J connectivity index is -0.00000111. The first-order valence-electron chi connectivity index (χ1n) is 21.1. The zero-order chi connectivity index (χ0) is 62.8. The van der Waals surface area contributed by atoms with Crippen molar-refractivity contribution in [2.75, 3.05) is 0 Å². The quantitative estimate of drug-likeness (QED) is 0.156. The first-order valence-corrected chi connectivity index (χ1v) is 21.1. The van der Waals surface area contributed by atoms with E-state index in [1.54, 1.807) is 0 Å². The van der Waals surface area contributed by atoms with Crippen LogP contribution in [0.2, 0.25) is 0 Å². The molecule has 0 bridgehead atoms. The summed E-state index contributed by atoms with van der Waals surface area (Å²) in [7, 11) is 0. The average molecular weight is 1640 g/mol. The first-order chi connectivity index (χ1) is 34.1. The van der Waals surface area contributed by atoms with Gasteiger partial charge in [0.1, 0.15) is 0 Å². The number of allylic oxidation sites excluding steroid dienone is 3. The Morgan fingerprint density at radius 2 is 0.506 bits per heavy atom. The van der Waals surface area contributed by atoms with Crippen molar-refractivity contribution in [2.45, 2.75) is 134 Å². The van der Waals surface area contributed by atoms with Crippen molar-refractivity contribution in [3.8, 4) is 0 Å². The van der Waals surface area contributed by atoms with Gasteiger partial charge in [-0.05, 0) is 73.0 Å². The molecule has 3 aliphatic rings. The van der Waals surface area contributed by atoms with Crippen LogP contribution in [0.5, 0.6) is 0 Å². The second kappa shape index (κ2) is 26.6. The second-order valence-electron chi connectivity index (χ2n) is 19.7. The standard InChI is InChI=1S/3C14H15F7O5.3Eu/c3*1-10(2)6(8(23)24)3-4-11(10,9(25)26)5-7(22)12(15,16)13(17,18)14(19,20)21;;;/h3*5-6,22H,3-4H2,1-2H3,(H,23,24)(H,25,26);;;/q;;;3*+2/p-6. The third-order valence-corrected chi connectivity index (χ3v) is 14.9. The van der Waals surface area contributed by atoms with E-state index in [0.29, 0.717) is 0 Å². The fraction of sp³-hybridized carbons (Fsp3) is 0.714. The van der Waals surface area contributed by atoms with Gasteiger partial charge in [-0.1, -0.05) is 41.5 Å². The largest absolute Gasteiger partial charge is 2.00 e. The van der Waals surface area contributed by atoms with Crippen molar-refractivity contribution in [2.24, 2.45) is 50.2 Å². The summed E-state index contributed by atoms with van der Waals surface area (Å²) in [6.45, 7) is 5.67. The van der Waals surface area contributed by atoms with Gasteiger partial charge in [0.15, 0.2) is 17.3 Å². The monoisotopic (exact) mass is 1640 g/mol. The number of aliphatic hydroxyl groups is 3. The molecule has 15 nitrogen and oxygen atoms in total. The molecule has 0 saturated heterocycles. The van der Waals surface area contributed by atoms with E-state index < -0.39 is 196 Å². The molecule has 0 heterocycles. The van der Waals surface area contributed by atoms with Gasteiger partial charge >= 0.3 is 202 Å². The van der Waals surface area contributed by atoms with Crippen molar-refractivity contribution >= 4 is 35.8 Å². The van der Waals surface area contributed by atoms with Gasteiger partial charge in [-0.25, -0.2) is 0 Å². The fourth-order valence-electron chi connectivity index (χ4n) is 9.37. The molecule has 6 atom stereocenters. The van der Waals surface area contributed by atoms with E-state index in [1.165, 1.54) is 0 Å². The maximum absolute atomic E-state index is 13.6. The minimum absolute atomic E-state index is 0. The van der Waals surface area contributed by atoms with Gasteiger partial charge in [0.05, 0.1) is 17.9 Å². The summed E-state index contributed by atoms with van der Waals surface area (Å²) in [4.78, 5) is 67.7. The van der Waals surface area contributed by atoms with Crippen LogP contribution in [0, 0.1) is 198 Å². The number of halogens is 21. The molecule has 465 valence electrons. The summed E-state index contributed by atoms with van der Waals surface area (Å²) >= 11 is 0. The number of carbonyl (C=O) groups excluding carboxylic acids is 6. The Labute approximate surface area is 563 Å². The predicted molar refractivity (Wildman–Crippen MR) is 197 cm³/mol. The van der Waals surface area contributed by atoms with Gasteiger partial charge in [0.25, 0.3) is 0 Å². The van der Waals surface area contributed by atoms with Crippen LogP contribution in [0.4, 0.5) is 92.2 Å². The molecule has 3 N–H and O–H groups in total. The fourth-order valence-corrected chi connectivity index (χ4v) is 9.37. The van der Waals surface area contributed by atoms with E-state index in [0.717, 1.165) is 41.5 Å². The van der Waals surface area contributed by atoms with Crippen LogP contribution >= 0.6 is 0 Å². The normalized spacial score (nSPS) is 26.4. The molecule has 81 heavy (non-hydrogen) atoms. The molecule has 3 radical (unpaired) electrons. The summed E-state index contributed by atoms with van der Waals surface area (Å²) in [5.41, 5.74) is -14.2. The number of aliphatic hydroxyl groups excluding tert-OH is 3. The van der Waals surface area contributed by atoms with Crippen LogP contribution in [0.1, 0.15) is 80.1 Å². The Morgan fingerprint density at radius 1 is 0.358 bits per heavy atom. The molecule has 6 unspecified atom stereocenters. The van der Waals surface area contributed by atoms with Gasteiger partial charge in [-0.2, -0.15) is 92.2 Å². The van der Waals surface area contributed by atoms with Crippen LogP contribution < -0.4 is 30.6 Å². The number of carbonyl (C=O) groups is 6. The molecule has 0 aliphatic heterocycles. The van der Waals surface area contributed by atoms with E-state index in [2.05, 4.69) is 0 Å². The van der Waals surface area contributed by atoms with Crippen molar-refractivity contribution in [1.29, 1.82) is 0 Å². The zero-order valence-corrected chi connectivity index (χ0v) is 48.3. The third-order valence-electron chi connectivity index (χ3n) is 14.9. The van der Waals surface area contributed by atoms with Crippen molar-refractivity contribution < 1.29 is 315 Å². The van der Waals surface area contributed by atoms with E-state index >= 15 is 0 Å². The molecular weight excluding hydrogens is 1600 g/mol. The smallest absolute Gasteiger partial charge is 0.550 e. The predicted octanol–water partition coefficient (Wildman–Crippen LogP) is 3.55. The maximum Gasteiger partial charge on any atom is 2.00 e. The van der Waals surface area contributed by atoms with Crippen molar-refractivity contribution in [3.63, 3.8) is 0 Å². The third kappa shape index (κ3) is 14.5. The number of carboxylic acids is 6. The van der Waals surface area contributed by atoms with Crippen molar-refractivity contribution in [3.05, 3.63) is 35.5 Å². The minimum atomic E-state index is -6.74. The molecular formula is C42H39Eu3F21O15. The molecule has 3 rings (SSSR count). The Kier molecular flexibility index (Phi) is 27.6. The number of carboxylic acid groups (broad SMARTS) is 6. The summed E-state index contributed by atoms with van der Waals surface area (Å²) in [6.07, 6.45) is -25.1. The van der Waals surface area contributed by atoms with Crippen LogP contribution in [0.15, 0.2) is 35.5 Å². The number of alkyl halides is 21. The molecule has 0 amide bonds. The molecule has 0 aromatic rings. The molecule has 3 fully saturated rings. The van der Waals surface area contributed by atoms with Crippen molar-refractivity contribution in [1.82, 2.24) is 0 Å². The number of hydrogen-bond acceptors (Lipinski definition) is 15. The molecule has 3 aliphatic carbocycles. The second-order valence-corrected chi connectivity index (χ2v) is 19.7. The average Bonchev–Trinajstić information content (AvgIpc) is 3.78.